The summed E-state index contributed by atoms with van der Waals surface area (Å²) in [6.07, 6.45) is 0.760. The average Bonchev–Trinajstić information content (AvgIpc) is 2.87. The minimum atomic E-state index is -0.880. The molecular formula is C31H31NO3. The summed E-state index contributed by atoms with van der Waals surface area (Å²) in [5, 5.41) is 16.0. The van der Waals surface area contributed by atoms with Crippen molar-refractivity contribution in [1.29, 1.82) is 0 Å². The van der Waals surface area contributed by atoms with Crippen molar-refractivity contribution in [2.24, 2.45) is 0 Å². The van der Waals surface area contributed by atoms with Gasteiger partial charge < -0.3 is 15.2 Å². The molecule has 1 aliphatic heterocycles. The Morgan fingerprint density at radius 1 is 1.03 bits per heavy atom. The molecule has 3 atom stereocenters. The lowest BCUT2D eigenvalue weighted by Crippen LogP contribution is -2.37. The molecule has 0 aliphatic carbocycles. The van der Waals surface area contributed by atoms with Crippen LogP contribution in [0.5, 0.6) is 5.75 Å². The van der Waals surface area contributed by atoms with Crippen LogP contribution in [0.2, 0.25) is 0 Å². The maximum absolute atomic E-state index is 11.9. The van der Waals surface area contributed by atoms with E-state index in [-0.39, 0.29) is 18.1 Å². The zero-order chi connectivity index (χ0) is 24.5. The van der Waals surface area contributed by atoms with E-state index in [1.165, 1.54) is 16.3 Å². The Hall–Kier alpha value is -3.63. The predicted molar refractivity (Wildman–Crippen MR) is 141 cm³/mol. The zero-order valence-corrected chi connectivity index (χ0v) is 20.4. The number of benzene rings is 4. The smallest absolute Gasteiger partial charge is 0.335 e. The first kappa shape index (κ1) is 23.1. The first-order valence-corrected chi connectivity index (χ1v) is 12.2. The van der Waals surface area contributed by atoms with Gasteiger partial charge in [0.2, 0.25) is 0 Å². The second-order valence-corrected chi connectivity index (χ2v) is 9.58. The van der Waals surface area contributed by atoms with Crippen molar-refractivity contribution in [1.82, 2.24) is 5.32 Å². The zero-order valence-electron chi connectivity index (χ0n) is 20.4. The van der Waals surface area contributed by atoms with Crippen LogP contribution in [0.25, 0.3) is 10.8 Å². The third kappa shape index (κ3) is 4.54. The van der Waals surface area contributed by atoms with E-state index in [1.807, 2.05) is 38.1 Å². The highest BCUT2D eigenvalue weighted by atomic mass is 16.5. The lowest BCUT2D eigenvalue weighted by molar-refractivity contribution is 0.0696. The number of carboxylic acids is 1. The van der Waals surface area contributed by atoms with Gasteiger partial charge in [0.25, 0.3) is 0 Å². The van der Waals surface area contributed by atoms with Crippen LogP contribution >= 0.6 is 0 Å². The van der Waals surface area contributed by atoms with Gasteiger partial charge in [0.1, 0.15) is 11.9 Å². The van der Waals surface area contributed by atoms with E-state index in [2.05, 4.69) is 66.8 Å². The Bertz CT molecular complexity index is 1390. The highest BCUT2D eigenvalue weighted by molar-refractivity contribution is 5.90. The quantitative estimate of drug-likeness (QED) is 0.329. The Labute approximate surface area is 206 Å². The van der Waals surface area contributed by atoms with E-state index in [0.29, 0.717) is 12.1 Å². The molecule has 5 rings (SSSR count). The molecule has 178 valence electrons. The van der Waals surface area contributed by atoms with Gasteiger partial charge in [-0.3, -0.25) is 0 Å². The molecule has 4 aromatic rings. The van der Waals surface area contributed by atoms with Crippen LogP contribution in [0.4, 0.5) is 0 Å². The van der Waals surface area contributed by atoms with Crippen LogP contribution in [-0.2, 0) is 0 Å². The Balaban J connectivity index is 1.41. The van der Waals surface area contributed by atoms with Crippen LogP contribution in [0.15, 0.2) is 78.9 Å². The summed E-state index contributed by atoms with van der Waals surface area (Å²) in [5.41, 5.74) is 5.63. The highest BCUT2D eigenvalue weighted by Crippen LogP contribution is 2.41. The highest BCUT2D eigenvalue weighted by Gasteiger charge is 2.30. The first-order valence-electron chi connectivity index (χ1n) is 12.2. The summed E-state index contributed by atoms with van der Waals surface area (Å²) in [4.78, 5) is 11.9. The molecule has 0 fully saturated rings. The summed E-state index contributed by atoms with van der Waals surface area (Å²) < 4.78 is 6.41. The van der Waals surface area contributed by atoms with Gasteiger partial charge in [0.15, 0.2) is 0 Å². The number of carbonyl (C=O) groups is 1. The molecule has 0 spiro atoms. The Morgan fingerprint density at radius 2 is 1.77 bits per heavy atom. The van der Waals surface area contributed by atoms with Crippen molar-refractivity contribution >= 4 is 16.7 Å². The van der Waals surface area contributed by atoms with Crippen molar-refractivity contribution in [3.8, 4) is 5.75 Å². The molecular weight excluding hydrogens is 434 g/mol. The monoisotopic (exact) mass is 465 g/mol. The molecule has 35 heavy (non-hydrogen) atoms. The van der Waals surface area contributed by atoms with Gasteiger partial charge in [-0.25, -0.2) is 4.79 Å². The molecule has 1 aliphatic rings. The Morgan fingerprint density at radius 3 is 2.60 bits per heavy atom. The van der Waals surface area contributed by atoms with Crippen LogP contribution in [0, 0.1) is 13.8 Å². The minimum Gasteiger partial charge on any atom is -0.489 e. The lowest BCUT2D eigenvalue weighted by Gasteiger charge is -2.34. The third-order valence-electron chi connectivity index (χ3n) is 7.35. The maximum atomic E-state index is 11.9. The number of aryl methyl sites for hydroxylation is 1. The molecule has 0 radical (unpaired) electrons. The molecule has 2 N–H and O–H groups in total. The molecule has 4 aromatic carbocycles. The maximum Gasteiger partial charge on any atom is 0.335 e. The number of rotatable bonds is 6. The number of ether oxygens (including phenoxy) is 1. The van der Waals surface area contributed by atoms with Crippen molar-refractivity contribution in [3.05, 3.63) is 112 Å². The van der Waals surface area contributed by atoms with Crippen LogP contribution < -0.4 is 10.1 Å². The fourth-order valence-corrected chi connectivity index (χ4v) is 5.29. The van der Waals surface area contributed by atoms with Gasteiger partial charge in [-0.2, -0.15) is 0 Å². The number of fused-ring (bicyclic) bond motifs is 2. The molecule has 0 saturated carbocycles. The summed E-state index contributed by atoms with van der Waals surface area (Å²) in [6, 6.07) is 27.2. The fourth-order valence-electron chi connectivity index (χ4n) is 5.29. The van der Waals surface area contributed by atoms with E-state index in [0.717, 1.165) is 34.4 Å². The van der Waals surface area contributed by atoms with Gasteiger partial charge in [-0.15, -0.1) is 0 Å². The molecule has 0 aromatic heterocycles. The van der Waals surface area contributed by atoms with E-state index in [9.17, 15) is 9.90 Å². The van der Waals surface area contributed by atoms with E-state index >= 15 is 0 Å². The van der Waals surface area contributed by atoms with Crippen LogP contribution in [-0.4, -0.2) is 23.7 Å². The van der Waals surface area contributed by atoms with E-state index < -0.39 is 5.97 Å². The minimum absolute atomic E-state index is 0.0257. The predicted octanol–water partition coefficient (Wildman–Crippen LogP) is 6.79. The topological polar surface area (TPSA) is 58.6 Å². The summed E-state index contributed by atoms with van der Waals surface area (Å²) in [6.45, 7) is 6.76. The molecule has 0 amide bonds. The van der Waals surface area contributed by atoms with Crippen LogP contribution in [0.3, 0.4) is 0 Å². The molecule has 4 nitrogen and oxygen atoms in total. The van der Waals surface area contributed by atoms with Gasteiger partial charge in [-0.1, -0.05) is 66.7 Å². The SMILES string of the molecule is Cc1cc([C@H]2C[C@H](CN[C@H](C)c3cccc4ccccc34)Oc3ccccc32)cc(C(=O)O)c1C. The van der Waals surface area contributed by atoms with Gasteiger partial charge >= 0.3 is 5.97 Å². The number of hydrogen-bond donors (Lipinski definition) is 2. The molecule has 0 unspecified atom stereocenters. The molecule has 0 bridgehead atoms. The fraction of sp³-hybridized carbons (Fsp3) is 0.258. The number of hydrogen-bond acceptors (Lipinski definition) is 3. The molecule has 4 heteroatoms. The van der Waals surface area contributed by atoms with Gasteiger partial charge in [0.05, 0.1) is 5.56 Å². The number of para-hydroxylation sites is 1. The van der Waals surface area contributed by atoms with E-state index in [4.69, 9.17) is 4.74 Å². The molecule has 0 saturated heterocycles. The average molecular weight is 466 g/mol. The lowest BCUT2D eigenvalue weighted by atomic mass is 9.82. The van der Waals surface area contributed by atoms with E-state index in [1.54, 1.807) is 0 Å². The van der Waals surface area contributed by atoms with Crippen molar-refractivity contribution in [2.75, 3.05) is 6.54 Å². The van der Waals surface area contributed by atoms with Crippen molar-refractivity contribution in [3.63, 3.8) is 0 Å². The summed E-state index contributed by atoms with van der Waals surface area (Å²) in [5.74, 6) is 0.0791. The Kier molecular flexibility index (Phi) is 6.31. The number of aromatic carboxylic acids is 1. The van der Waals surface area contributed by atoms with Crippen molar-refractivity contribution < 1.29 is 14.6 Å². The third-order valence-corrected chi connectivity index (χ3v) is 7.35. The second kappa shape index (κ2) is 9.55. The standard InChI is InChI=1S/C31H31NO3/c1-19-15-23(16-28(20(19)2)31(33)34)29-17-24(35-30-14-7-6-12-27(29)30)18-32-21(3)25-13-8-10-22-9-4-5-11-26(22)25/h4-16,21,24,29,32H,17-18H2,1-3H3,(H,33,34)/t21-,24-,29-/m1/s1. The largest absolute Gasteiger partial charge is 0.489 e. The second-order valence-electron chi connectivity index (χ2n) is 9.58. The number of carboxylic acid groups (broad SMARTS) is 1. The van der Waals surface area contributed by atoms with Gasteiger partial charge in [0, 0.05) is 24.1 Å². The summed E-state index contributed by atoms with van der Waals surface area (Å²) >= 11 is 0. The first-order chi connectivity index (χ1) is 16.9. The molecule has 1 heterocycles. The normalized spacial score (nSPS) is 18.0. The summed E-state index contributed by atoms with van der Waals surface area (Å²) in [7, 11) is 0. The van der Waals surface area contributed by atoms with Crippen molar-refractivity contribution in [2.45, 2.75) is 45.3 Å². The number of nitrogens with one attached hydrogen (secondary N) is 1. The van der Waals surface area contributed by atoms with Gasteiger partial charge in [-0.05, 0) is 72.4 Å². The van der Waals surface area contributed by atoms with Crippen LogP contribution in [0.1, 0.15) is 63.5 Å².